The molecule has 1 aliphatic heterocycles. The lowest BCUT2D eigenvalue weighted by atomic mass is 10.1. The maximum atomic E-state index is 10.8. The Hall–Kier alpha value is -1.42. The van der Waals surface area contributed by atoms with Crippen LogP contribution in [-0.4, -0.2) is 17.7 Å². The number of aromatic hydroxyl groups is 1. The lowest BCUT2D eigenvalue weighted by Crippen LogP contribution is -2.12. The zero-order valence-electron chi connectivity index (χ0n) is 7.16. The number of carbonyl (C=O) groups is 1. The molecule has 1 fully saturated rings. The molecule has 0 spiro atoms. The SMILES string of the molecule is O=C1NCC(c2ccc(O)c(Cl)c2)O1. The van der Waals surface area contributed by atoms with Gasteiger partial charge in [0.05, 0.1) is 11.6 Å². The van der Waals surface area contributed by atoms with Gasteiger partial charge in [0.2, 0.25) is 0 Å². The van der Waals surface area contributed by atoms with Crippen LogP contribution in [0.4, 0.5) is 4.79 Å². The van der Waals surface area contributed by atoms with Gasteiger partial charge in [0, 0.05) is 0 Å². The van der Waals surface area contributed by atoms with Crippen LogP contribution in [0.5, 0.6) is 5.75 Å². The van der Waals surface area contributed by atoms with E-state index in [9.17, 15) is 9.90 Å². The van der Waals surface area contributed by atoms with Crippen LogP contribution in [0.15, 0.2) is 18.2 Å². The Balaban J connectivity index is 2.24. The molecule has 1 aromatic carbocycles. The van der Waals surface area contributed by atoms with Gasteiger partial charge in [-0.25, -0.2) is 4.79 Å². The zero-order valence-corrected chi connectivity index (χ0v) is 7.91. The van der Waals surface area contributed by atoms with Crippen molar-refractivity contribution in [3.05, 3.63) is 28.8 Å². The van der Waals surface area contributed by atoms with Gasteiger partial charge in [-0.15, -0.1) is 0 Å². The number of hydrogen-bond donors (Lipinski definition) is 2. The number of halogens is 1. The van der Waals surface area contributed by atoms with Gasteiger partial charge in [-0.05, 0) is 17.7 Å². The van der Waals surface area contributed by atoms with E-state index in [1.54, 1.807) is 12.1 Å². The van der Waals surface area contributed by atoms with Crippen molar-refractivity contribution in [3.8, 4) is 5.75 Å². The number of alkyl carbamates (subject to hydrolysis) is 1. The third kappa shape index (κ3) is 1.61. The van der Waals surface area contributed by atoms with Crippen molar-refractivity contribution in [2.24, 2.45) is 0 Å². The smallest absolute Gasteiger partial charge is 0.407 e. The van der Waals surface area contributed by atoms with Crippen LogP contribution in [0.1, 0.15) is 11.7 Å². The third-order valence-corrected chi connectivity index (χ3v) is 2.33. The monoisotopic (exact) mass is 213 g/mol. The number of nitrogens with one attached hydrogen (secondary N) is 1. The summed E-state index contributed by atoms with van der Waals surface area (Å²) in [5.41, 5.74) is 0.770. The molecule has 4 nitrogen and oxygen atoms in total. The van der Waals surface area contributed by atoms with E-state index in [-0.39, 0.29) is 16.9 Å². The van der Waals surface area contributed by atoms with Gasteiger partial charge in [0.25, 0.3) is 0 Å². The largest absolute Gasteiger partial charge is 0.506 e. The minimum absolute atomic E-state index is 0.0210. The minimum atomic E-state index is -0.431. The van der Waals surface area contributed by atoms with Crippen LogP contribution >= 0.6 is 11.6 Å². The molecule has 1 saturated heterocycles. The Morgan fingerprint density at radius 2 is 2.36 bits per heavy atom. The second-order valence-corrected chi connectivity index (χ2v) is 3.39. The van der Waals surface area contributed by atoms with E-state index in [0.717, 1.165) is 5.56 Å². The van der Waals surface area contributed by atoms with Crippen LogP contribution in [0.3, 0.4) is 0 Å². The normalized spacial score (nSPS) is 20.4. The number of hydrogen-bond acceptors (Lipinski definition) is 3. The highest BCUT2D eigenvalue weighted by atomic mass is 35.5. The molecule has 74 valence electrons. The minimum Gasteiger partial charge on any atom is -0.506 e. The summed E-state index contributed by atoms with van der Waals surface area (Å²) in [6.45, 7) is 0.430. The Labute approximate surface area is 85.4 Å². The van der Waals surface area contributed by atoms with Gasteiger partial charge in [-0.2, -0.15) is 0 Å². The van der Waals surface area contributed by atoms with E-state index in [0.29, 0.717) is 6.54 Å². The number of rotatable bonds is 1. The van der Waals surface area contributed by atoms with Gasteiger partial charge in [0.15, 0.2) is 0 Å². The molecule has 0 aliphatic carbocycles. The molecule has 1 unspecified atom stereocenters. The molecular weight excluding hydrogens is 206 g/mol. The van der Waals surface area contributed by atoms with Crippen LogP contribution in [0.25, 0.3) is 0 Å². The predicted octanol–water partition coefficient (Wildman–Crippen LogP) is 1.83. The van der Waals surface area contributed by atoms with Gasteiger partial charge >= 0.3 is 6.09 Å². The first-order chi connectivity index (χ1) is 6.66. The molecule has 0 aromatic heterocycles. The molecule has 0 saturated carbocycles. The number of amides is 1. The maximum Gasteiger partial charge on any atom is 0.407 e. The fourth-order valence-electron chi connectivity index (χ4n) is 1.30. The first kappa shape index (κ1) is 9.15. The van der Waals surface area contributed by atoms with Crippen molar-refractivity contribution in [1.29, 1.82) is 0 Å². The molecule has 0 radical (unpaired) electrons. The summed E-state index contributed by atoms with van der Waals surface area (Å²) in [6, 6.07) is 4.73. The average molecular weight is 214 g/mol. The Morgan fingerprint density at radius 3 is 2.93 bits per heavy atom. The average Bonchev–Trinajstić information content (AvgIpc) is 2.57. The first-order valence-electron chi connectivity index (χ1n) is 4.10. The second kappa shape index (κ2) is 3.38. The van der Waals surface area contributed by atoms with E-state index in [1.165, 1.54) is 6.07 Å². The summed E-state index contributed by atoms with van der Waals surface area (Å²) < 4.78 is 4.95. The molecule has 2 N–H and O–H groups in total. The molecular formula is C9H8ClNO3. The van der Waals surface area contributed by atoms with Crippen molar-refractivity contribution < 1.29 is 14.6 Å². The number of phenolic OH excluding ortho intramolecular Hbond substituents is 1. The Bertz CT molecular complexity index is 380. The predicted molar refractivity (Wildman–Crippen MR) is 50.3 cm³/mol. The first-order valence-corrected chi connectivity index (χ1v) is 4.47. The molecule has 0 bridgehead atoms. The summed E-state index contributed by atoms with van der Waals surface area (Å²) >= 11 is 5.72. The lowest BCUT2D eigenvalue weighted by molar-refractivity contribution is 0.141. The van der Waals surface area contributed by atoms with Crippen molar-refractivity contribution in [2.45, 2.75) is 6.10 Å². The summed E-state index contributed by atoms with van der Waals surface area (Å²) in [4.78, 5) is 10.8. The van der Waals surface area contributed by atoms with Crippen LogP contribution in [0.2, 0.25) is 5.02 Å². The molecule has 1 amide bonds. The van der Waals surface area contributed by atoms with Crippen molar-refractivity contribution in [1.82, 2.24) is 5.32 Å². The van der Waals surface area contributed by atoms with Gasteiger partial charge in [-0.3, -0.25) is 0 Å². The fraction of sp³-hybridized carbons (Fsp3) is 0.222. The number of ether oxygens (including phenoxy) is 1. The zero-order chi connectivity index (χ0) is 10.1. The molecule has 5 heteroatoms. The van der Waals surface area contributed by atoms with Crippen molar-refractivity contribution in [2.75, 3.05) is 6.54 Å². The maximum absolute atomic E-state index is 10.8. The van der Waals surface area contributed by atoms with E-state index >= 15 is 0 Å². The van der Waals surface area contributed by atoms with Crippen LogP contribution < -0.4 is 5.32 Å². The van der Waals surface area contributed by atoms with Crippen molar-refractivity contribution in [3.63, 3.8) is 0 Å². The highest BCUT2D eigenvalue weighted by molar-refractivity contribution is 6.32. The van der Waals surface area contributed by atoms with Gasteiger partial charge < -0.3 is 15.2 Å². The highest BCUT2D eigenvalue weighted by Crippen LogP contribution is 2.29. The standard InChI is InChI=1S/C9H8ClNO3/c10-6-3-5(1-2-7(6)12)8-4-11-9(13)14-8/h1-3,8,12H,4H2,(H,11,13). The highest BCUT2D eigenvalue weighted by Gasteiger charge is 2.24. The van der Waals surface area contributed by atoms with Crippen molar-refractivity contribution >= 4 is 17.7 Å². The van der Waals surface area contributed by atoms with E-state index < -0.39 is 6.09 Å². The van der Waals surface area contributed by atoms with Crippen LogP contribution in [0, 0.1) is 0 Å². The molecule has 1 heterocycles. The number of cyclic esters (lactones) is 1. The molecule has 1 aromatic rings. The van der Waals surface area contributed by atoms with E-state index in [4.69, 9.17) is 16.3 Å². The van der Waals surface area contributed by atoms with Gasteiger partial charge in [-0.1, -0.05) is 17.7 Å². The summed E-state index contributed by atoms with van der Waals surface area (Å²) in [5, 5.41) is 12.0. The van der Waals surface area contributed by atoms with E-state index in [2.05, 4.69) is 5.32 Å². The molecule has 1 aliphatic rings. The fourth-order valence-corrected chi connectivity index (χ4v) is 1.49. The number of carbonyl (C=O) groups excluding carboxylic acids is 1. The van der Waals surface area contributed by atoms with Crippen LogP contribution in [-0.2, 0) is 4.74 Å². The third-order valence-electron chi connectivity index (χ3n) is 2.02. The summed E-state index contributed by atoms with van der Waals surface area (Å²) in [7, 11) is 0. The number of phenols is 1. The topological polar surface area (TPSA) is 58.6 Å². The summed E-state index contributed by atoms with van der Waals surface area (Å²) in [6.07, 6.45) is -0.750. The number of benzene rings is 1. The molecule has 14 heavy (non-hydrogen) atoms. The lowest BCUT2D eigenvalue weighted by Gasteiger charge is -2.08. The second-order valence-electron chi connectivity index (χ2n) is 2.99. The van der Waals surface area contributed by atoms with E-state index in [1.807, 2.05) is 0 Å². The summed E-state index contributed by atoms with van der Waals surface area (Å²) in [5.74, 6) is 0.0210. The quantitative estimate of drug-likeness (QED) is 0.748. The van der Waals surface area contributed by atoms with Gasteiger partial charge in [0.1, 0.15) is 11.9 Å². The Kier molecular flexibility index (Phi) is 2.21. The molecule has 2 rings (SSSR count). The molecule has 1 atom stereocenters. The Morgan fingerprint density at radius 1 is 1.57 bits per heavy atom.